The van der Waals surface area contributed by atoms with Gasteiger partial charge in [-0.3, -0.25) is 38.4 Å². The minimum atomic E-state index is -1.33. The Kier molecular flexibility index (Phi) is 17.6. The Labute approximate surface area is 286 Å². The van der Waals surface area contributed by atoms with Crippen LogP contribution in [0.5, 0.6) is 0 Å². The molecule has 18 heteroatoms. The van der Waals surface area contributed by atoms with Gasteiger partial charge in [-0.25, -0.2) is 0 Å². The molecule has 0 aromatic carbocycles. The molecule has 1 heterocycles. The smallest absolute Gasteiger partial charge is 0.325 e. The number of aliphatic hydroxyl groups excluding tert-OH is 1. The topological polar surface area (TPSA) is 292 Å². The number of aliphatic hydroxyl groups is 1. The van der Waals surface area contributed by atoms with Gasteiger partial charge in [-0.2, -0.15) is 0 Å². The van der Waals surface area contributed by atoms with Gasteiger partial charge < -0.3 is 53.2 Å². The lowest BCUT2D eigenvalue weighted by Gasteiger charge is -2.31. The molecule has 1 saturated heterocycles. The van der Waals surface area contributed by atoms with Crippen LogP contribution < -0.4 is 38.1 Å². The minimum Gasteiger partial charge on any atom is -0.480 e. The SMILES string of the molecule is CC(C)C[C@H](NC(=O)CNC(=O)[C@H](CCC(N)=O)NC(=O)[C@@H]1CCCN1C(=O)[C@H](CC(C)C)NC(=O)[C@@H](N)[C@@H](C)O)C(=O)N[C@@H](C)C(=O)O. The van der Waals surface area contributed by atoms with Crippen LogP contribution in [0.3, 0.4) is 0 Å². The van der Waals surface area contributed by atoms with E-state index in [9.17, 15) is 43.5 Å². The molecule has 7 atom stereocenters. The third kappa shape index (κ3) is 14.8. The number of amides is 7. The first-order valence-electron chi connectivity index (χ1n) is 16.5. The standard InChI is InChI=1S/C31H54N8O10/c1-15(2)12-20(27(44)35-17(5)31(48)49)36-24(42)14-34-26(43)19(9-10-23(32)41)37-28(45)22-8-7-11-39(22)30(47)21(13-16(3)4)38-29(46)25(33)18(6)40/h15-22,25,40H,7-14,33H2,1-6H3,(H2,32,41)(H,34,43)(H,35,44)(H,36,42)(H,37,45)(H,38,46)(H,48,49)/t17-,18+,19-,20-,21-,22-,25-/m0/s1. The molecule has 0 radical (unpaired) electrons. The third-order valence-corrected chi connectivity index (χ3v) is 7.81. The van der Waals surface area contributed by atoms with Gasteiger partial charge in [0.05, 0.1) is 12.6 Å². The van der Waals surface area contributed by atoms with Crippen LogP contribution in [0, 0.1) is 11.8 Å². The van der Waals surface area contributed by atoms with Crippen LogP contribution in [0.25, 0.3) is 0 Å². The summed E-state index contributed by atoms with van der Waals surface area (Å²) in [4.78, 5) is 102. The van der Waals surface area contributed by atoms with Crippen LogP contribution >= 0.6 is 0 Å². The van der Waals surface area contributed by atoms with Crippen molar-refractivity contribution in [1.82, 2.24) is 31.5 Å². The van der Waals surface area contributed by atoms with Gasteiger partial charge in [-0.1, -0.05) is 27.7 Å². The second-order valence-corrected chi connectivity index (χ2v) is 13.2. The first-order chi connectivity index (χ1) is 22.7. The molecule has 18 nitrogen and oxygen atoms in total. The molecule has 1 rings (SSSR count). The second kappa shape index (κ2) is 20.3. The summed E-state index contributed by atoms with van der Waals surface area (Å²) in [6.07, 6.45) is -0.560. The zero-order chi connectivity index (χ0) is 37.6. The highest BCUT2D eigenvalue weighted by atomic mass is 16.4. The van der Waals surface area contributed by atoms with Crippen molar-refractivity contribution in [3.8, 4) is 0 Å². The number of carboxylic acid groups (broad SMARTS) is 1. The van der Waals surface area contributed by atoms with Crippen molar-refractivity contribution in [2.75, 3.05) is 13.1 Å². The summed E-state index contributed by atoms with van der Waals surface area (Å²) in [6.45, 7) is 9.48. The van der Waals surface area contributed by atoms with E-state index in [4.69, 9.17) is 16.6 Å². The summed E-state index contributed by atoms with van der Waals surface area (Å²) in [5.74, 6) is -6.37. The number of hydrogen-bond donors (Lipinski definition) is 9. The van der Waals surface area contributed by atoms with Gasteiger partial charge in [0.15, 0.2) is 0 Å². The Morgan fingerprint density at radius 3 is 1.92 bits per heavy atom. The molecule has 11 N–H and O–H groups in total. The summed E-state index contributed by atoms with van der Waals surface area (Å²) >= 11 is 0. The highest BCUT2D eigenvalue weighted by Crippen LogP contribution is 2.21. The summed E-state index contributed by atoms with van der Waals surface area (Å²) in [5.41, 5.74) is 11.0. The Morgan fingerprint density at radius 1 is 0.796 bits per heavy atom. The van der Waals surface area contributed by atoms with Gasteiger partial charge >= 0.3 is 5.97 Å². The first-order valence-corrected chi connectivity index (χ1v) is 16.5. The maximum Gasteiger partial charge on any atom is 0.325 e. The molecular formula is C31H54N8O10. The number of primary amides is 1. The van der Waals surface area contributed by atoms with Crippen LogP contribution in [-0.2, 0) is 38.4 Å². The van der Waals surface area contributed by atoms with E-state index < -0.39 is 96.2 Å². The number of nitrogens with two attached hydrogens (primary N) is 2. The average Bonchev–Trinajstić information content (AvgIpc) is 3.49. The number of carboxylic acids is 1. The molecule has 0 aromatic rings. The number of aliphatic carboxylic acids is 1. The van der Waals surface area contributed by atoms with Crippen LogP contribution in [-0.4, -0.2) is 118 Å². The van der Waals surface area contributed by atoms with Crippen molar-refractivity contribution in [2.24, 2.45) is 23.3 Å². The van der Waals surface area contributed by atoms with Gasteiger partial charge in [0.1, 0.15) is 36.3 Å². The molecule has 1 aliphatic heterocycles. The van der Waals surface area contributed by atoms with Crippen molar-refractivity contribution in [1.29, 1.82) is 0 Å². The van der Waals surface area contributed by atoms with Gasteiger partial charge in [0.2, 0.25) is 41.4 Å². The number of carbonyl (C=O) groups excluding carboxylic acids is 7. The van der Waals surface area contributed by atoms with Crippen molar-refractivity contribution in [3.05, 3.63) is 0 Å². The zero-order valence-corrected chi connectivity index (χ0v) is 29.1. The van der Waals surface area contributed by atoms with E-state index in [-0.39, 0.29) is 50.5 Å². The summed E-state index contributed by atoms with van der Waals surface area (Å²) < 4.78 is 0. The van der Waals surface area contributed by atoms with E-state index in [1.54, 1.807) is 13.8 Å². The van der Waals surface area contributed by atoms with Crippen LogP contribution in [0.15, 0.2) is 0 Å². The highest BCUT2D eigenvalue weighted by molar-refractivity contribution is 5.96. The van der Waals surface area contributed by atoms with Gasteiger partial charge in [-0.15, -0.1) is 0 Å². The molecule has 0 unspecified atom stereocenters. The number of nitrogens with zero attached hydrogens (tertiary/aromatic N) is 1. The maximum absolute atomic E-state index is 13.6. The molecule has 0 saturated carbocycles. The van der Waals surface area contributed by atoms with E-state index in [0.29, 0.717) is 6.42 Å². The molecule has 0 spiro atoms. The Bertz CT molecular complexity index is 1210. The van der Waals surface area contributed by atoms with Crippen molar-refractivity contribution in [2.45, 2.75) is 122 Å². The molecule has 0 bridgehead atoms. The van der Waals surface area contributed by atoms with Crippen molar-refractivity contribution < 1.29 is 48.6 Å². The van der Waals surface area contributed by atoms with E-state index in [1.807, 2.05) is 13.8 Å². The molecule has 7 amide bonds. The fraction of sp³-hybridized carbons (Fsp3) is 0.742. The fourth-order valence-electron chi connectivity index (χ4n) is 5.12. The predicted molar refractivity (Wildman–Crippen MR) is 176 cm³/mol. The van der Waals surface area contributed by atoms with Crippen molar-refractivity contribution in [3.63, 3.8) is 0 Å². The Hall–Kier alpha value is -4.32. The summed E-state index contributed by atoms with van der Waals surface area (Å²) in [6, 6.07) is -6.94. The quantitative estimate of drug-likeness (QED) is 0.0626. The summed E-state index contributed by atoms with van der Waals surface area (Å²) in [5, 5.41) is 31.1. The zero-order valence-electron chi connectivity index (χ0n) is 29.1. The number of nitrogens with one attached hydrogen (secondary N) is 5. The van der Waals surface area contributed by atoms with Gasteiger partial charge in [0, 0.05) is 13.0 Å². The minimum absolute atomic E-state index is 0.0330. The number of rotatable bonds is 20. The van der Waals surface area contributed by atoms with E-state index in [0.717, 1.165) is 0 Å². The van der Waals surface area contributed by atoms with Gasteiger partial charge in [0.25, 0.3) is 0 Å². The van der Waals surface area contributed by atoms with Crippen LogP contribution in [0.1, 0.15) is 80.1 Å². The van der Waals surface area contributed by atoms with Gasteiger partial charge in [-0.05, 0) is 57.8 Å². The lowest BCUT2D eigenvalue weighted by atomic mass is 10.0. The van der Waals surface area contributed by atoms with E-state index >= 15 is 0 Å². The predicted octanol–water partition coefficient (Wildman–Crippen LogP) is -2.80. The summed E-state index contributed by atoms with van der Waals surface area (Å²) in [7, 11) is 0. The Balaban J connectivity index is 3.03. The Morgan fingerprint density at radius 2 is 1.39 bits per heavy atom. The maximum atomic E-state index is 13.6. The number of likely N-dealkylation sites (tertiary alicyclic amines) is 1. The molecular weight excluding hydrogens is 644 g/mol. The largest absolute Gasteiger partial charge is 0.480 e. The van der Waals surface area contributed by atoms with Crippen LogP contribution in [0.2, 0.25) is 0 Å². The molecule has 0 aromatic heterocycles. The second-order valence-electron chi connectivity index (χ2n) is 13.2. The normalized spacial score (nSPS) is 18.0. The highest BCUT2D eigenvalue weighted by Gasteiger charge is 2.39. The van der Waals surface area contributed by atoms with Crippen LogP contribution in [0.4, 0.5) is 0 Å². The van der Waals surface area contributed by atoms with Crippen molar-refractivity contribution >= 4 is 47.3 Å². The lowest BCUT2D eigenvalue weighted by molar-refractivity contribution is -0.143. The molecule has 278 valence electrons. The lowest BCUT2D eigenvalue weighted by Crippen LogP contribution is -2.58. The monoisotopic (exact) mass is 698 g/mol. The average molecular weight is 699 g/mol. The molecule has 49 heavy (non-hydrogen) atoms. The first kappa shape index (κ1) is 42.7. The van der Waals surface area contributed by atoms with E-state index in [1.165, 1.54) is 18.7 Å². The third-order valence-electron chi connectivity index (χ3n) is 7.81. The molecule has 1 fully saturated rings. The van der Waals surface area contributed by atoms with E-state index in [2.05, 4.69) is 26.6 Å². The molecule has 1 aliphatic rings. The molecule has 0 aliphatic carbocycles. The number of carbonyl (C=O) groups is 8. The number of hydrogen-bond acceptors (Lipinski definition) is 10. The fourth-order valence-corrected chi connectivity index (χ4v) is 5.12.